The minimum Gasteiger partial charge on any atom is -0.340 e. The molecule has 1 fully saturated rings. The molecule has 0 saturated carbocycles. The third-order valence-corrected chi connectivity index (χ3v) is 8.08. The van der Waals surface area contributed by atoms with Crippen molar-refractivity contribution in [2.75, 3.05) is 19.6 Å². The van der Waals surface area contributed by atoms with E-state index < -0.39 is 23.6 Å². The van der Waals surface area contributed by atoms with E-state index in [0.717, 1.165) is 55.1 Å². The van der Waals surface area contributed by atoms with E-state index >= 15 is 0 Å². The number of unbranched alkanes of at least 4 members (excludes halogenated alkanes) is 1. The van der Waals surface area contributed by atoms with Gasteiger partial charge in [-0.05, 0) is 67.7 Å². The SMILES string of the molecule is CCCCN(C(=O)c1cccc(F)c1F)C(c1nc2ccccc2[nH]1)C(C)c1ccccc1CN1CCCCC1. The first-order valence-electron chi connectivity index (χ1n) is 14.5. The van der Waals surface area contributed by atoms with Crippen molar-refractivity contribution in [3.63, 3.8) is 0 Å². The van der Waals surface area contributed by atoms with Gasteiger partial charge in [0.15, 0.2) is 11.6 Å². The molecule has 2 unspecified atom stereocenters. The Morgan fingerprint density at radius 2 is 1.75 bits per heavy atom. The number of piperidine rings is 1. The summed E-state index contributed by atoms with van der Waals surface area (Å²) in [5, 5.41) is 0. The zero-order valence-electron chi connectivity index (χ0n) is 23.4. The van der Waals surface area contributed by atoms with Crippen molar-refractivity contribution in [2.24, 2.45) is 0 Å². The van der Waals surface area contributed by atoms with E-state index in [4.69, 9.17) is 4.98 Å². The normalized spacial score (nSPS) is 15.7. The fraction of sp³-hybridized carbons (Fsp3) is 0.394. The van der Waals surface area contributed by atoms with Crippen LogP contribution >= 0.6 is 0 Å². The highest BCUT2D eigenvalue weighted by Crippen LogP contribution is 2.38. The standard InChI is InChI=1S/C33H38F2N4O/c1-3-4-21-39(33(40)26-15-12-16-27(34)30(26)35)31(32-36-28-17-8-9-18-29(28)37-32)23(2)25-14-7-6-13-24(25)22-38-19-10-5-11-20-38/h6-9,12-18,23,31H,3-5,10-11,19-22H2,1-2H3,(H,36,37). The number of benzene rings is 3. The fourth-order valence-corrected chi connectivity index (χ4v) is 5.94. The molecular weight excluding hydrogens is 506 g/mol. The van der Waals surface area contributed by atoms with E-state index in [1.807, 2.05) is 30.3 Å². The first-order chi connectivity index (χ1) is 19.5. The van der Waals surface area contributed by atoms with Crippen molar-refractivity contribution in [3.8, 4) is 0 Å². The average Bonchev–Trinajstić information content (AvgIpc) is 3.40. The van der Waals surface area contributed by atoms with Crippen LogP contribution < -0.4 is 0 Å². The lowest BCUT2D eigenvalue weighted by Crippen LogP contribution is -2.39. The number of nitrogens with one attached hydrogen (secondary N) is 1. The number of hydrogen-bond donors (Lipinski definition) is 1. The summed E-state index contributed by atoms with van der Waals surface area (Å²) in [7, 11) is 0. The number of fused-ring (bicyclic) bond motifs is 1. The maximum absolute atomic E-state index is 15.0. The molecule has 2 heterocycles. The van der Waals surface area contributed by atoms with E-state index in [1.54, 1.807) is 4.90 Å². The highest BCUT2D eigenvalue weighted by Gasteiger charge is 2.35. The van der Waals surface area contributed by atoms with Gasteiger partial charge in [-0.15, -0.1) is 0 Å². The number of halogens is 2. The molecule has 4 aromatic rings. The molecule has 0 spiro atoms. The minimum atomic E-state index is -1.12. The van der Waals surface area contributed by atoms with Gasteiger partial charge in [-0.3, -0.25) is 9.69 Å². The second kappa shape index (κ2) is 12.7. The predicted molar refractivity (Wildman–Crippen MR) is 155 cm³/mol. The van der Waals surface area contributed by atoms with Crippen molar-refractivity contribution in [3.05, 3.63) is 101 Å². The summed E-state index contributed by atoms with van der Waals surface area (Å²) in [5.74, 6) is -2.20. The van der Waals surface area contributed by atoms with Crippen LogP contribution in [0.3, 0.4) is 0 Å². The van der Waals surface area contributed by atoms with Crippen LogP contribution in [0.1, 0.15) is 85.2 Å². The molecule has 0 bridgehead atoms. The number of aromatic amines is 1. The lowest BCUT2D eigenvalue weighted by atomic mass is 9.87. The topological polar surface area (TPSA) is 52.2 Å². The average molecular weight is 545 g/mol. The van der Waals surface area contributed by atoms with E-state index in [2.05, 4.69) is 41.9 Å². The van der Waals surface area contributed by atoms with Crippen LogP contribution in [0.25, 0.3) is 11.0 Å². The number of likely N-dealkylation sites (tertiary alicyclic amines) is 1. The summed E-state index contributed by atoms with van der Waals surface area (Å²) >= 11 is 0. The Bertz CT molecular complexity index is 1410. The van der Waals surface area contributed by atoms with E-state index in [9.17, 15) is 13.6 Å². The molecule has 1 saturated heterocycles. The zero-order chi connectivity index (χ0) is 28.1. The van der Waals surface area contributed by atoms with Crippen molar-refractivity contribution in [1.82, 2.24) is 19.8 Å². The van der Waals surface area contributed by atoms with E-state index in [-0.39, 0.29) is 11.5 Å². The van der Waals surface area contributed by atoms with Crippen LogP contribution in [0, 0.1) is 11.6 Å². The molecule has 0 aliphatic carbocycles. The van der Waals surface area contributed by atoms with Gasteiger partial charge in [0.05, 0.1) is 22.6 Å². The zero-order valence-corrected chi connectivity index (χ0v) is 23.4. The molecule has 210 valence electrons. The molecule has 40 heavy (non-hydrogen) atoms. The number of H-pyrrole nitrogens is 1. The van der Waals surface area contributed by atoms with Crippen LogP contribution in [0.2, 0.25) is 0 Å². The minimum absolute atomic E-state index is 0.168. The molecule has 5 nitrogen and oxygen atoms in total. The van der Waals surface area contributed by atoms with Gasteiger partial charge in [-0.1, -0.05) is 69.2 Å². The maximum Gasteiger partial charge on any atom is 0.257 e. The van der Waals surface area contributed by atoms with Gasteiger partial charge in [0.25, 0.3) is 5.91 Å². The van der Waals surface area contributed by atoms with Crippen LogP contribution in [0.5, 0.6) is 0 Å². The number of rotatable bonds is 10. The highest BCUT2D eigenvalue weighted by molar-refractivity contribution is 5.95. The summed E-state index contributed by atoms with van der Waals surface area (Å²) in [6.45, 7) is 7.56. The van der Waals surface area contributed by atoms with Crippen molar-refractivity contribution in [2.45, 2.75) is 64.5 Å². The molecule has 2 atom stereocenters. The van der Waals surface area contributed by atoms with Crippen molar-refractivity contribution >= 4 is 16.9 Å². The highest BCUT2D eigenvalue weighted by atomic mass is 19.2. The second-order valence-corrected chi connectivity index (χ2v) is 10.9. The molecule has 1 aliphatic rings. The number of imidazole rings is 1. The lowest BCUT2D eigenvalue weighted by Gasteiger charge is -2.36. The Morgan fingerprint density at radius 3 is 2.52 bits per heavy atom. The lowest BCUT2D eigenvalue weighted by molar-refractivity contribution is 0.0631. The summed E-state index contributed by atoms with van der Waals surface area (Å²) in [5.41, 5.74) is 3.77. The van der Waals surface area contributed by atoms with Crippen LogP contribution in [-0.4, -0.2) is 45.3 Å². The van der Waals surface area contributed by atoms with Gasteiger partial charge in [0.2, 0.25) is 0 Å². The number of amides is 1. The largest absolute Gasteiger partial charge is 0.340 e. The summed E-state index contributed by atoms with van der Waals surface area (Å²) in [6.07, 6.45) is 5.26. The molecule has 5 rings (SSSR count). The Kier molecular flexibility index (Phi) is 8.90. The molecule has 3 aromatic carbocycles. The van der Waals surface area contributed by atoms with Crippen molar-refractivity contribution in [1.29, 1.82) is 0 Å². The molecule has 7 heteroatoms. The molecule has 1 aromatic heterocycles. The van der Waals surface area contributed by atoms with Crippen LogP contribution in [-0.2, 0) is 6.54 Å². The Morgan fingerprint density at radius 1 is 1.00 bits per heavy atom. The van der Waals surface area contributed by atoms with E-state index in [0.29, 0.717) is 12.4 Å². The summed E-state index contributed by atoms with van der Waals surface area (Å²) in [4.78, 5) is 26.6. The number of hydrogen-bond acceptors (Lipinski definition) is 3. The third kappa shape index (κ3) is 5.94. The van der Waals surface area contributed by atoms with Gasteiger partial charge >= 0.3 is 0 Å². The smallest absolute Gasteiger partial charge is 0.257 e. The van der Waals surface area contributed by atoms with E-state index in [1.165, 1.54) is 37.0 Å². The first kappa shape index (κ1) is 28.0. The maximum atomic E-state index is 15.0. The quantitative estimate of drug-likeness (QED) is 0.224. The summed E-state index contributed by atoms with van der Waals surface area (Å²) < 4.78 is 29.2. The van der Waals surface area contributed by atoms with Gasteiger partial charge in [0, 0.05) is 19.0 Å². The molecule has 1 amide bonds. The Hall–Kier alpha value is -3.58. The Labute approximate surface area is 235 Å². The van der Waals surface area contributed by atoms with Gasteiger partial charge in [-0.2, -0.15) is 0 Å². The molecule has 1 aliphatic heterocycles. The second-order valence-electron chi connectivity index (χ2n) is 10.9. The first-order valence-corrected chi connectivity index (χ1v) is 14.5. The van der Waals surface area contributed by atoms with Crippen LogP contribution in [0.15, 0.2) is 66.7 Å². The van der Waals surface area contributed by atoms with Gasteiger partial charge in [-0.25, -0.2) is 13.8 Å². The van der Waals surface area contributed by atoms with Gasteiger partial charge in [0.1, 0.15) is 5.82 Å². The molecular formula is C33H38F2N4O. The number of para-hydroxylation sites is 2. The van der Waals surface area contributed by atoms with Crippen LogP contribution in [0.4, 0.5) is 8.78 Å². The number of aromatic nitrogens is 2. The Balaban J connectivity index is 1.61. The fourth-order valence-electron chi connectivity index (χ4n) is 5.94. The number of carbonyl (C=O) groups is 1. The monoisotopic (exact) mass is 544 g/mol. The number of nitrogens with zero attached hydrogens (tertiary/aromatic N) is 3. The van der Waals surface area contributed by atoms with Crippen molar-refractivity contribution < 1.29 is 13.6 Å². The molecule has 1 N–H and O–H groups in total. The third-order valence-electron chi connectivity index (χ3n) is 8.08. The predicted octanol–water partition coefficient (Wildman–Crippen LogP) is 7.61. The van der Waals surface area contributed by atoms with Gasteiger partial charge < -0.3 is 9.88 Å². The summed E-state index contributed by atoms with van der Waals surface area (Å²) in [6, 6.07) is 19.4. The number of carbonyl (C=O) groups excluding carboxylic acids is 1. The molecule has 0 radical (unpaired) electrons.